The number of rotatable bonds is 11. The minimum atomic E-state index is -3.59. The maximum absolute atomic E-state index is 13.5. The Bertz CT molecular complexity index is 1230. The highest BCUT2D eigenvalue weighted by atomic mass is 35.5. The highest BCUT2D eigenvalue weighted by Crippen LogP contribution is 2.27. The van der Waals surface area contributed by atoms with E-state index in [1.807, 2.05) is 38.1 Å². The second-order valence-electron chi connectivity index (χ2n) is 10.3. The number of halogens is 1. The zero-order chi connectivity index (χ0) is 27.9. The first kappa shape index (κ1) is 30.0. The van der Waals surface area contributed by atoms with Gasteiger partial charge in [0, 0.05) is 30.6 Å². The Morgan fingerprint density at radius 1 is 1.05 bits per heavy atom. The second kappa shape index (κ2) is 13.5. The lowest BCUT2D eigenvalue weighted by molar-refractivity contribution is -0.141. The van der Waals surface area contributed by atoms with Crippen LogP contribution in [0.1, 0.15) is 68.6 Å². The van der Waals surface area contributed by atoms with Gasteiger partial charge in [0.05, 0.1) is 11.9 Å². The Hall–Kier alpha value is -2.58. The Morgan fingerprint density at radius 3 is 2.39 bits per heavy atom. The largest absolute Gasteiger partial charge is 0.352 e. The molecule has 3 rings (SSSR count). The molecule has 9 heteroatoms. The van der Waals surface area contributed by atoms with Crippen LogP contribution >= 0.6 is 11.6 Å². The predicted molar refractivity (Wildman–Crippen MR) is 154 cm³/mol. The van der Waals surface area contributed by atoms with Gasteiger partial charge in [-0.2, -0.15) is 0 Å². The Kier molecular flexibility index (Phi) is 10.6. The number of nitrogens with zero attached hydrogens (tertiary/aromatic N) is 2. The van der Waals surface area contributed by atoms with E-state index < -0.39 is 16.1 Å². The number of amides is 2. The zero-order valence-electron chi connectivity index (χ0n) is 22.9. The van der Waals surface area contributed by atoms with E-state index in [9.17, 15) is 18.0 Å². The molecule has 0 saturated heterocycles. The van der Waals surface area contributed by atoms with Crippen LogP contribution in [0.15, 0.2) is 42.5 Å². The molecule has 1 saturated carbocycles. The molecule has 2 aromatic carbocycles. The third-order valence-corrected chi connectivity index (χ3v) is 8.73. The highest BCUT2D eigenvalue weighted by molar-refractivity contribution is 7.92. The van der Waals surface area contributed by atoms with E-state index in [4.69, 9.17) is 11.6 Å². The summed E-state index contributed by atoms with van der Waals surface area (Å²) in [6.45, 7) is 6.03. The fourth-order valence-electron chi connectivity index (χ4n) is 4.96. The standard InChI is InChI=1S/C29H40ClN3O4S/c1-21-11-8-9-12-24(21)20-32(23(3)29(35)31-26-13-6-5-7-14-26)28(34)15-10-18-33(38(4,36)37)27-19-25(30)17-16-22(27)2/h8-9,11-12,16-17,19,23,26H,5-7,10,13-15,18,20H2,1-4H3,(H,31,35). The van der Waals surface area contributed by atoms with Gasteiger partial charge in [-0.1, -0.05) is 61.2 Å². The van der Waals surface area contributed by atoms with Gasteiger partial charge in [-0.05, 0) is 68.9 Å². The van der Waals surface area contributed by atoms with Crippen molar-refractivity contribution in [3.63, 3.8) is 0 Å². The number of anilines is 1. The average molecular weight is 562 g/mol. The van der Waals surface area contributed by atoms with E-state index in [1.54, 1.807) is 30.0 Å². The molecule has 0 bridgehead atoms. The van der Waals surface area contributed by atoms with Crippen molar-refractivity contribution < 1.29 is 18.0 Å². The Labute approximate surface area is 232 Å². The monoisotopic (exact) mass is 561 g/mol. The lowest BCUT2D eigenvalue weighted by Crippen LogP contribution is -2.50. The molecule has 1 fully saturated rings. The van der Waals surface area contributed by atoms with E-state index in [0.717, 1.165) is 48.6 Å². The highest BCUT2D eigenvalue weighted by Gasteiger charge is 2.29. The number of hydrogen-bond acceptors (Lipinski definition) is 4. The molecular weight excluding hydrogens is 522 g/mol. The van der Waals surface area contributed by atoms with Crippen molar-refractivity contribution in [3.05, 3.63) is 64.2 Å². The van der Waals surface area contributed by atoms with Crippen LogP contribution in [0.5, 0.6) is 0 Å². The fourth-order valence-corrected chi connectivity index (χ4v) is 6.14. The van der Waals surface area contributed by atoms with Crippen LogP contribution in [-0.4, -0.2) is 50.0 Å². The molecule has 0 radical (unpaired) electrons. The number of sulfonamides is 1. The van der Waals surface area contributed by atoms with E-state index in [-0.39, 0.29) is 30.8 Å². The lowest BCUT2D eigenvalue weighted by Gasteiger charge is -2.32. The van der Waals surface area contributed by atoms with Gasteiger partial charge in [-0.3, -0.25) is 13.9 Å². The van der Waals surface area contributed by atoms with Crippen molar-refractivity contribution in [2.45, 2.75) is 84.3 Å². The van der Waals surface area contributed by atoms with Crippen molar-refractivity contribution in [2.24, 2.45) is 0 Å². The number of hydrogen-bond donors (Lipinski definition) is 1. The molecule has 0 aromatic heterocycles. The third kappa shape index (κ3) is 8.21. The summed E-state index contributed by atoms with van der Waals surface area (Å²) in [6, 6.07) is 12.4. The molecule has 1 aliphatic carbocycles. The molecule has 0 spiro atoms. The van der Waals surface area contributed by atoms with Crippen LogP contribution in [0, 0.1) is 13.8 Å². The molecule has 38 heavy (non-hydrogen) atoms. The van der Waals surface area contributed by atoms with E-state index in [0.29, 0.717) is 23.7 Å². The number of nitrogens with one attached hydrogen (secondary N) is 1. The van der Waals surface area contributed by atoms with Crippen LogP contribution in [0.4, 0.5) is 5.69 Å². The summed E-state index contributed by atoms with van der Waals surface area (Å²) in [5, 5.41) is 3.59. The van der Waals surface area contributed by atoms with E-state index in [2.05, 4.69) is 5.32 Å². The van der Waals surface area contributed by atoms with Gasteiger partial charge in [0.25, 0.3) is 0 Å². The van der Waals surface area contributed by atoms with Crippen molar-refractivity contribution in [3.8, 4) is 0 Å². The number of carbonyl (C=O) groups is 2. The van der Waals surface area contributed by atoms with Gasteiger partial charge in [0.15, 0.2) is 0 Å². The zero-order valence-corrected chi connectivity index (χ0v) is 24.4. The molecule has 7 nitrogen and oxygen atoms in total. The summed E-state index contributed by atoms with van der Waals surface area (Å²) in [5.41, 5.74) is 3.31. The van der Waals surface area contributed by atoms with Crippen LogP contribution < -0.4 is 9.62 Å². The maximum Gasteiger partial charge on any atom is 0.242 e. The molecule has 2 aromatic rings. The minimum absolute atomic E-state index is 0.110. The van der Waals surface area contributed by atoms with Gasteiger partial charge in [-0.15, -0.1) is 0 Å². The molecule has 2 amide bonds. The number of aryl methyl sites for hydroxylation is 2. The molecule has 1 aliphatic rings. The average Bonchev–Trinajstić information content (AvgIpc) is 2.87. The van der Waals surface area contributed by atoms with Crippen molar-refractivity contribution in [1.82, 2.24) is 10.2 Å². The predicted octanol–water partition coefficient (Wildman–Crippen LogP) is 5.37. The number of carbonyl (C=O) groups excluding carboxylic acids is 2. The van der Waals surface area contributed by atoms with Crippen molar-refractivity contribution in [2.75, 3.05) is 17.1 Å². The lowest BCUT2D eigenvalue weighted by atomic mass is 9.95. The summed E-state index contributed by atoms with van der Waals surface area (Å²) in [7, 11) is -3.59. The molecule has 1 atom stereocenters. The first-order valence-corrected chi connectivity index (χ1v) is 15.6. The first-order valence-electron chi connectivity index (χ1n) is 13.4. The summed E-state index contributed by atoms with van der Waals surface area (Å²) in [5.74, 6) is -0.332. The SMILES string of the molecule is Cc1ccccc1CN(C(=O)CCCN(c1cc(Cl)ccc1C)S(C)(=O)=O)C(C)C(=O)NC1CCCCC1. The summed E-state index contributed by atoms with van der Waals surface area (Å²) in [6.07, 6.45) is 6.90. The summed E-state index contributed by atoms with van der Waals surface area (Å²) < 4.78 is 26.5. The van der Waals surface area contributed by atoms with Crippen molar-refractivity contribution in [1.29, 1.82) is 0 Å². The van der Waals surface area contributed by atoms with Gasteiger partial charge in [-0.25, -0.2) is 8.42 Å². The fraction of sp³-hybridized carbons (Fsp3) is 0.517. The number of benzene rings is 2. The molecule has 0 aliphatic heterocycles. The third-order valence-electron chi connectivity index (χ3n) is 7.31. The van der Waals surface area contributed by atoms with Crippen molar-refractivity contribution >= 4 is 39.1 Å². The Morgan fingerprint density at radius 2 is 1.74 bits per heavy atom. The molecule has 1 N–H and O–H groups in total. The first-order chi connectivity index (χ1) is 18.0. The molecule has 0 heterocycles. The van der Waals surface area contributed by atoms with Gasteiger partial charge >= 0.3 is 0 Å². The molecule has 208 valence electrons. The molecule has 1 unspecified atom stereocenters. The smallest absolute Gasteiger partial charge is 0.242 e. The van der Waals surface area contributed by atoms with Gasteiger partial charge < -0.3 is 10.2 Å². The molecular formula is C29H40ClN3O4S. The topological polar surface area (TPSA) is 86.8 Å². The summed E-state index contributed by atoms with van der Waals surface area (Å²) in [4.78, 5) is 28.4. The Balaban J connectivity index is 1.75. The van der Waals surface area contributed by atoms with Gasteiger partial charge in [0.1, 0.15) is 6.04 Å². The minimum Gasteiger partial charge on any atom is -0.352 e. The summed E-state index contributed by atoms with van der Waals surface area (Å²) >= 11 is 6.14. The maximum atomic E-state index is 13.5. The quantitative estimate of drug-likeness (QED) is 0.399. The van der Waals surface area contributed by atoms with Crippen LogP contribution in [0.25, 0.3) is 0 Å². The van der Waals surface area contributed by atoms with E-state index >= 15 is 0 Å². The van der Waals surface area contributed by atoms with E-state index in [1.165, 1.54) is 10.7 Å². The van der Waals surface area contributed by atoms with Crippen LogP contribution in [0.2, 0.25) is 5.02 Å². The van der Waals surface area contributed by atoms with Crippen LogP contribution in [-0.2, 0) is 26.2 Å². The van der Waals surface area contributed by atoms with Gasteiger partial charge in [0.2, 0.25) is 21.8 Å². The normalized spacial score (nSPS) is 15.1. The van der Waals surface area contributed by atoms with Crippen LogP contribution in [0.3, 0.4) is 0 Å². The second-order valence-corrected chi connectivity index (χ2v) is 12.7.